The van der Waals surface area contributed by atoms with E-state index in [0.29, 0.717) is 0 Å². The summed E-state index contributed by atoms with van der Waals surface area (Å²) in [5, 5.41) is 11.5. The maximum absolute atomic E-state index is 12.9. The van der Waals surface area contributed by atoms with Crippen LogP contribution >= 0.6 is 0 Å². The molecular weight excluding hydrogens is 364 g/mol. The Labute approximate surface area is 145 Å². The Morgan fingerprint density at radius 1 is 1.04 bits per heavy atom. The van der Waals surface area contributed by atoms with Gasteiger partial charge in [-0.25, -0.2) is 0 Å². The van der Waals surface area contributed by atoms with Crippen LogP contribution in [0.5, 0.6) is 5.75 Å². The third-order valence-electron chi connectivity index (χ3n) is 3.58. The van der Waals surface area contributed by atoms with E-state index in [0.717, 1.165) is 12.1 Å². The van der Waals surface area contributed by atoms with Crippen molar-refractivity contribution in [1.82, 2.24) is 0 Å². The molecule has 1 unspecified atom stereocenters. The zero-order valence-corrected chi connectivity index (χ0v) is 13.4. The van der Waals surface area contributed by atoms with Crippen molar-refractivity contribution >= 4 is 5.69 Å². The number of halogens is 6. The van der Waals surface area contributed by atoms with E-state index in [2.05, 4.69) is 5.32 Å². The molecule has 0 aliphatic heterocycles. The minimum absolute atomic E-state index is 0.0706. The molecule has 0 aliphatic carbocycles. The number of methoxy groups -OCH3 is 1. The van der Waals surface area contributed by atoms with E-state index in [-0.39, 0.29) is 22.6 Å². The standard InChI is InChI=1S/C17H15F6NO2/c1-26-15-12(10-4-2-5-11(8-10)16(18,19)20)6-3-7-13(15)24-9-14(25)17(21,22)23/h2-8,14,24-25H,9H2,1H3. The molecule has 142 valence electrons. The molecule has 0 fully saturated rings. The second kappa shape index (κ2) is 7.45. The molecule has 3 nitrogen and oxygen atoms in total. The summed E-state index contributed by atoms with van der Waals surface area (Å²) >= 11 is 0. The monoisotopic (exact) mass is 379 g/mol. The normalized spacial score (nSPS) is 13.4. The lowest BCUT2D eigenvalue weighted by molar-refractivity contribution is -0.198. The van der Waals surface area contributed by atoms with Crippen LogP contribution in [-0.2, 0) is 6.18 Å². The fourth-order valence-corrected chi connectivity index (χ4v) is 2.31. The molecule has 2 rings (SSSR count). The molecule has 0 radical (unpaired) electrons. The molecule has 0 aromatic heterocycles. The van der Waals surface area contributed by atoms with Crippen LogP contribution in [0.1, 0.15) is 5.56 Å². The van der Waals surface area contributed by atoms with Crippen molar-refractivity contribution in [2.24, 2.45) is 0 Å². The minimum Gasteiger partial charge on any atom is -0.494 e. The first-order valence-electron chi connectivity index (χ1n) is 7.37. The molecule has 0 saturated heterocycles. The molecule has 9 heteroatoms. The predicted molar refractivity (Wildman–Crippen MR) is 84.0 cm³/mol. The quantitative estimate of drug-likeness (QED) is 0.739. The van der Waals surface area contributed by atoms with Gasteiger partial charge in [-0.1, -0.05) is 24.3 Å². The average molecular weight is 379 g/mol. The molecule has 0 aliphatic rings. The van der Waals surface area contributed by atoms with Crippen molar-refractivity contribution in [2.75, 3.05) is 19.0 Å². The lowest BCUT2D eigenvalue weighted by Gasteiger charge is -2.19. The number of hydrogen-bond donors (Lipinski definition) is 2. The number of anilines is 1. The SMILES string of the molecule is COc1c(NCC(O)C(F)(F)F)cccc1-c1cccc(C(F)(F)F)c1. The summed E-state index contributed by atoms with van der Waals surface area (Å²) in [5.41, 5.74) is -0.282. The zero-order valence-electron chi connectivity index (χ0n) is 13.4. The van der Waals surface area contributed by atoms with E-state index in [4.69, 9.17) is 9.84 Å². The van der Waals surface area contributed by atoms with Gasteiger partial charge in [0.15, 0.2) is 6.10 Å². The highest BCUT2D eigenvalue weighted by Gasteiger charge is 2.38. The van der Waals surface area contributed by atoms with Crippen LogP contribution in [0.15, 0.2) is 42.5 Å². The molecular formula is C17H15F6NO2. The lowest BCUT2D eigenvalue weighted by atomic mass is 10.0. The number of aliphatic hydroxyl groups is 1. The molecule has 2 aromatic carbocycles. The van der Waals surface area contributed by atoms with Crippen molar-refractivity contribution in [2.45, 2.75) is 18.5 Å². The van der Waals surface area contributed by atoms with Crippen LogP contribution in [0, 0.1) is 0 Å². The Balaban J connectivity index is 2.37. The molecule has 1 atom stereocenters. The van der Waals surface area contributed by atoms with Crippen LogP contribution in [0.2, 0.25) is 0 Å². The molecule has 0 bridgehead atoms. The predicted octanol–water partition coefficient (Wildman–Crippen LogP) is 4.72. The van der Waals surface area contributed by atoms with E-state index in [1.807, 2.05) is 0 Å². The number of hydrogen-bond acceptors (Lipinski definition) is 3. The van der Waals surface area contributed by atoms with Crippen molar-refractivity contribution in [3.63, 3.8) is 0 Å². The Morgan fingerprint density at radius 3 is 2.27 bits per heavy atom. The van der Waals surface area contributed by atoms with E-state index >= 15 is 0 Å². The van der Waals surface area contributed by atoms with Crippen LogP contribution in [-0.4, -0.2) is 31.0 Å². The first kappa shape index (κ1) is 19.9. The van der Waals surface area contributed by atoms with Gasteiger partial charge in [-0.05, 0) is 23.8 Å². The Hall–Kier alpha value is -2.42. The van der Waals surface area contributed by atoms with E-state index in [1.54, 1.807) is 0 Å². The van der Waals surface area contributed by atoms with Gasteiger partial charge >= 0.3 is 12.4 Å². The first-order chi connectivity index (χ1) is 12.0. The third kappa shape index (κ3) is 4.60. The van der Waals surface area contributed by atoms with Gasteiger partial charge in [-0.2, -0.15) is 26.3 Å². The van der Waals surface area contributed by atoms with Gasteiger partial charge in [0, 0.05) is 12.1 Å². The topological polar surface area (TPSA) is 41.5 Å². The first-order valence-corrected chi connectivity index (χ1v) is 7.37. The number of para-hydroxylation sites is 1. The molecule has 2 N–H and O–H groups in total. The Bertz CT molecular complexity index is 758. The smallest absolute Gasteiger partial charge is 0.416 e. The summed E-state index contributed by atoms with van der Waals surface area (Å²) in [6.07, 6.45) is -11.9. The van der Waals surface area contributed by atoms with Crippen molar-refractivity contribution < 1.29 is 36.2 Å². The number of ether oxygens (including phenoxy) is 1. The fraction of sp³-hybridized carbons (Fsp3) is 0.294. The number of rotatable bonds is 5. The summed E-state index contributed by atoms with van der Waals surface area (Å²) in [4.78, 5) is 0. The lowest BCUT2D eigenvalue weighted by Crippen LogP contribution is -2.35. The number of benzene rings is 2. The van der Waals surface area contributed by atoms with E-state index < -0.39 is 30.6 Å². The summed E-state index contributed by atoms with van der Waals surface area (Å²) in [5.74, 6) is 0.0706. The van der Waals surface area contributed by atoms with Gasteiger partial charge in [0.05, 0.1) is 18.4 Å². The summed E-state index contributed by atoms with van der Waals surface area (Å²) < 4.78 is 81.1. The second-order valence-electron chi connectivity index (χ2n) is 5.40. The van der Waals surface area contributed by atoms with Gasteiger partial charge in [-0.15, -0.1) is 0 Å². The van der Waals surface area contributed by atoms with Crippen LogP contribution in [0.25, 0.3) is 11.1 Å². The van der Waals surface area contributed by atoms with Crippen LogP contribution in [0.3, 0.4) is 0 Å². The van der Waals surface area contributed by atoms with Gasteiger partial charge in [0.25, 0.3) is 0 Å². The van der Waals surface area contributed by atoms with Crippen molar-refractivity contribution in [1.29, 1.82) is 0 Å². The maximum Gasteiger partial charge on any atom is 0.416 e. The van der Waals surface area contributed by atoms with Crippen LogP contribution in [0.4, 0.5) is 32.0 Å². The van der Waals surface area contributed by atoms with Crippen molar-refractivity contribution in [3.8, 4) is 16.9 Å². The summed E-state index contributed by atoms with van der Waals surface area (Å²) in [7, 11) is 1.25. The molecule has 0 saturated carbocycles. The highest BCUT2D eigenvalue weighted by molar-refractivity contribution is 5.78. The summed E-state index contributed by atoms with van der Waals surface area (Å²) in [6, 6.07) is 8.84. The van der Waals surface area contributed by atoms with Crippen LogP contribution < -0.4 is 10.1 Å². The van der Waals surface area contributed by atoms with E-state index in [9.17, 15) is 26.3 Å². The Kier molecular flexibility index (Phi) is 5.70. The molecule has 0 spiro atoms. The highest BCUT2D eigenvalue weighted by atomic mass is 19.4. The molecule has 0 amide bonds. The van der Waals surface area contributed by atoms with Gasteiger partial charge in [-0.3, -0.25) is 0 Å². The fourth-order valence-electron chi connectivity index (χ4n) is 2.31. The van der Waals surface area contributed by atoms with E-state index in [1.165, 1.54) is 37.4 Å². The Morgan fingerprint density at radius 2 is 1.69 bits per heavy atom. The molecule has 26 heavy (non-hydrogen) atoms. The number of nitrogens with one attached hydrogen (secondary N) is 1. The largest absolute Gasteiger partial charge is 0.494 e. The van der Waals surface area contributed by atoms with Gasteiger partial charge in [0.2, 0.25) is 0 Å². The number of aliphatic hydroxyl groups excluding tert-OH is 1. The number of alkyl halides is 6. The highest BCUT2D eigenvalue weighted by Crippen LogP contribution is 2.39. The van der Waals surface area contributed by atoms with Crippen molar-refractivity contribution in [3.05, 3.63) is 48.0 Å². The second-order valence-corrected chi connectivity index (χ2v) is 5.40. The van der Waals surface area contributed by atoms with Gasteiger partial charge < -0.3 is 15.2 Å². The molecule has 2 aromatic rings. The minimum atomic E-state index is -4.79. The van der Waals surface area contributed by atoms with Gasteiger partial charge in [0.1, 0.15) is 5.75 Å². The molecule has 0 heterocycles. The maximum atomic E-state index is 12.9. The average Bonchev–Trinajstić information content (AvgIpc) is 2.57. The summed E-state index contributed by atoms with van der Waals surface area (Å²) in [6.45, 7) is -0.827. The third-order valence-corrected chi connectivity index (χ3v) is 3.58. The zero-order chi connectivity index (χ0) is 19.5.